The highest BCUT2D eigenvalue weighted by atomic mass is 16.1. The summed E-state index contributed by atoms with van der Waals surface area (Å²) in [4.78, 5) is 11.7. The Morgan fingerprint density at radius 1 is 1.25 bits per heavy atom. The van der Waals surface area contributed by atoms with Crippen LogP contribution < -0.4 is 11.1 Å². The van der Waals surface area contributed by atoms with Gasteiger partial charge in [0.15, 0.2) is 0 Å². The Labute approximate surface area is 97.0 Å². The maximum absolute atomic E-state index is 11.7. The molecular weight excluding hydrogens is 200 g/mol. The van der Waals surface area contributed by atoms with E-state index in [1.54, 1.807) is 24.3 Å². The summed E-state index contributed by atoms with van der Waals surface area (Å²) in [5, 5.41) is 2.90. The molecule has 0 fully saturated rings. The van der Waals surface area contributed by atoms with Crippen LogP contribution in [0.4, 0.5) is 5.69 Å². The Balaban J connectivity index is 2.44. The fourth-order valence-corrected chi connectivity index (χ4v) is 1.29. The lowest BCUT2D eigenvalue weighted by molar-refractivity contribution is 0.0949. The number of nitrogens with one attached hydrogen (secondary N) is 1. The van der Waals surface area contributed by atoms with Crippen LogP contribution in [0, 0.1) is 5.41 Å². The van der Waals surface area contributed by atoms with Gasteiger partial charge in [-0.3, -0.25) is 4.79 Å². The first-order chi connectivity index (χ1) is 7.38. The van der Waals surface area contributed by atoms with Crippen molar-refractivity contribution in [2.75, 3.05) is 12.3 Å². The van der Waals surface area contributed by atoms with E-state index >= 15 is 0 Å². The van der Waals surface area contributed by atoms with Gasteiger partial charge in [-0.1, -0.05) is 20.8 Å². The minimum atomic E-state index is -0.0377. The van der Waals surface area contributed by atoms with Gasteiger partial charge in [0.1, 0.15) is 0 Å². The van der Waals surface area contributed by atoms with Crippen LogP contribution >= 0.6 is 0 Å². The van der Waals surface area contributed by atoms with E-state index in [4.69, 9.17) is 5.73 Å². The fraction of sp³-hybridized carbons (Fsp3) is 0.462. The molecule has 0 aliphatic heterocycles. The number of hydrogen-bond acceptors (Lipinski definition) is 2. The SMILES string of the molecule is CC(C)(C)CCNC(=O)c1ccc(N)cc1. The zero-order valence-electron chi connectivity index (χ0n) is 10.2. The molecular formula is C13H20N2O. The molecule has 0 saturated heterocycles. The molecule has 0 aliphatic carbocycles. The molecule has 3 nitrogen and oxygen atoms in total. The van der Waals surface area contributed by atoms with Crippen molar-refractivity contribution in [1.82, 2.24) is 5.32 Å². The number of nitrogen functional groups attached to an aromatic ring is 1. The second-order valence-electron chi connectivity index (χ2n) is 5.19. The highest BCUT2D eigenvalue weighted by Crippen LogP contribution is 2.17. The molecule has 1 amide bonds. The highest BCUT2D eigenvalue weighted by molar-refractivity contribution is 5.94. The average Bonchev–Trinajstić information content (AvgIpc) is 2.16. The van der Waals surface area contributed by atoms with Gasteiger partial charge < -0.3 is 11.1 Å². The molecule has 16 heavy (non-hydrogen) atoms. The van der Waals surface area contributed by atoms with Gasteiger partial charge in [0.2, 0.25) is 0 Å². The maximum atomic E-state index is 11.7. The molecule has 0 atom stereocenters. The standard InChI is InChI=1S/C13H20N2O/c1-13(2,3)8-9-15-12(16)10-4-6-11(14)7-5-10/h4-7H,8-9,14H2,1-3H3,(H,15,16). The monoisotopic (exact) mass is 220 g/mol. The number of carbonyl (C=O) groups is 1. The van der Waals surface area contributed by atoms with E-state index in [1.165, 1.54) is 0 Å². The molecule has 0 bridgehead atoms. The molecule has 88 valence electrons. The Bertz CT molecular complexity index is 349. The van der Waals surface area contributed by atoms with E-state index in [0.717, 1.165) is 6.42 Å². The third-order valence-corrected chi connectivity index (χ3v) is 2.33. The van der Waals surface area contributed by atoms with Crippen LogP contribution in [0.2, 0.25) is 0 Å². The van der Waals surface area contributed by atoms with E-state index in [1.807, 2.05) is 0 Å². The molecule has 0 aliphatic rings. The summed E-state index contributed by atoms with van der Waals surface area (Å²) in [6, 6.07) is 6.95. The summed E-state index contributed by atoms with van der Waals surface area (Å²) in [6.45, 7) is 7.17. The Hall–Kier alpha value is -1.51. The summed E-state index contributed by atoms with van der Waals surface area (Å²) in [6.07, 6.45) is 0.966. The molecule has 1 rings (SSSR count). The van der Waals surface area contributed by atoms with Crippen molar-refractivity contribution in [2.24, 2.45) is 5.41 Å². The molecule has 0 saturated carbocycles. The number of hydrogen-bond donors (Lipinski definition) is 2. The van der Waals surface area contributed by atoms with Crippen molar-refractivity contribution in [3.8, 4) is 0 Å². The van der Waals surface area contributed by atoms with Crippen LogP contribution in [0.3, 0.4) is 0 Å². The second-order valence-corrected chi connectivity index (χ2v) is 5.19. The average molecular weight is 220 g/mol. The largest absolute Gasteiger partial charge is 0.399 e. The third-order valence-electron chi connectivity index (χ3n) is 2.33. The Morgan fingerprint density at radius 2 is 1.81 bits per heavy atom. The van der Waals surface area contributed by atoms with Gasteiger partial charge in [-0.2, -0.15) is 0 Å². The number of nitrogens with two attached hydrogens (primary N) is 1. The number of amides is 1. The predicted octanol–water partition coefficient (Wildman–Crippen LogP) is 2.43. The van der Waals surface area contributed by atoms with Crippen molar-refractivity contribution >= 4 is 11.6 Å². The zero-order chi connectivity index (χ0) is 12.2. The summed E-state index contributed by atoms with van der Waals surface area (Å²) < 4.78 is 0. The third kappa shape index (κ3) is 4.34. The van der Waals surface area contributed by atoms with Gasteiger partial charge in [0, 0.05) is 17.8 Å². The molecule has 3 N–H and O–H groups in total. The van der Waals surface area contributed by atoms with Crippen molar-refractivity contribution in [2.45, 2.75) is 27.2 Å². The molecule has 1 aromatic rings. The fourth-order valence-electron chi connectivity index (χ4n) is 1.29. The van der Waals surface area contributed by atoms with Gasteiger partial charge in [-0.15, -0.1) is 0 Å². The van der Waals surface area contributed by atoms with Gasteiger partial charge in [0.25, 0.3) is 5.91 Å². The van der Waals surface area contributed by atoms with Crippen LogP contribution in [0.25, 0.3) is 0 Å². The molecule has 0 spiro atoms. The minimum Gasteiger partial charge on any atom is -0.399 e. The van der Waals surface area contributed by atoms with Crippen LogP contribution in [-0.2, 0) is 0 Å². The number of rotatable bonds is 3. The molecule has 3 heteroatoms. The Kier molecular flexibility index (Phi) is 3.93. The smallest absolute Gasteiger partial charge is 0.251 e. The summed E-state index contributed by atoms with van der Waals surface area (Å²) in [5.41, 5.74) is 7.12. The first-order valence-corrected chi connectivity index (χ1v) is 5.52. The number of benzene rings is 1. The highest BCUT2D eigenvalue weighted by Gasteiger charge is 2.11. The van der Waals surface area contributed by atoms with Crippen LogP contribution in [0.5, 0.6) is 0 Å². The van der Waals surface area contributed by atoms with Crippen molar-refractivity contribution in [1.29, 1.82) is 0 Å². The van der Waals surface area contributed by atoms with E-state index in [9.17, 15) is 4.79 Å². The zero-order valence-corrected chi connectivity index (χ0v) is 10.2. The molecule has 1 aromatic carbocycles. The molecule has 0 unspecified atom stereocenters. The van der Waals surface area contributed by atoms with E-state index in [0.29, 0.717) is 17.8 Å². The van der Waals surface area contributed by atoms with Crippen LogP contribution in [0.15, 0.2) is 24.3 Å². The van der Waals surface area contributed by atoms with Crippen molar-refractivity contribution in [3.05, 3.63) is 29.8 Å². The predicted molar refractivity (Wildman–Crippen MR) is 67.3 cm³/mol. The number of carbonyl (C=O) groups excluding carboxylic acids is 1. The lowest BCUT2D eigenvalue weighted by Crippen LogP contribution is -2.27. The summed E-state index contributed by atoms with van der Waals surface area (Å²) >= 11 is 0. The van der Waals surface area contributed by atoms with Gasteiger partial charge in [-0.05, 0) is 36.1 Å². The van der Waals surface area contributed by atoms with Crippen molar-refractivity contribution < 1.29 is 4.79 Å². The lowest BCUT2D eigenvalue weighted by Gasteiger charge is -2.18. The van der Waals surface area contributed by atoms with Gasteiger partial charge in [0.05, 0.1) is 0 Å². The normalized spacial score (nSPS) is 11.2. The summed E-state index contributed by atoms with van der Waals surface area (Å²) in [7, 11) is 0. The molecule has 0 heterocycles. The minimum absolute atomic E-state index is 0.0377. The van der Waals surface area contributed by atoms with Gasteiger partial charge in [-0.25, -0.2) is 0 Å². The molecule has 0 aromatic heterocycles. The summed E-state index contributed by atoms with van der Waals surface area (Å²) in [5.74, 6) is -0.0377. The van der Waals surface area contributed by atoms with E-state index in [-0.39, 0.29) is 11.3 Å². The first kappa shape index (κ1) is 12.6. The number of anilines is 1. The first-order valence-electron chi connectivity index (χ1n) is 5.52. The maximum Gasteiger partial charge on any atom is 0.251 e. The van der Waals surface area contributed by atoms with Crippen LogP contribution in [0.1, 0.15) is 37.6 Å². The van der Waals surface area contributed by atoms with E-state index in [2.05, 4.69) is 26.1 Å². The Morgan fingerprint density at radius 3 is 2.31 bits per heavy atom. The molecule has 0 radical (unpaired) electrons. The van der Waals surface area contributed by atoms with Crippen LogP contribution in [-0.4, -0.2) is 12.5 Å². The topological polar surface area (TPSA) is 55.1 Å². The van der Waals surface area contributed by atoms with Gasteiger partial charge >= 0.3 is 0 Å². The van der Waals surface area contributed by atoms with E-state index < -0.39 is 0 Å². The lowest BCUT2D eigenvalue weighted by atomic mass is 9.92. The van der Waals surface area contributed by atoms with Crippen molar-refractivity contribution in [3.63, 3.8) is 0 Å². The quantitative estimate of drug-likeness (QED) is 0.769. The second kappa shape index (κ2) is 5.01.